The molecule has 0 spiro atoms. The maximum atomic E-state index is 3.77. The zero-order chi connectivity index (χ0) is 16.3. The van der Waals surface area contributed by atoms with Crippen LogP contribution in [0.2, 0.25) is 0 Å². The van der Waals surface area contributed by atoms with Crippen LogP contribution in [0.3, 0.4) is 0 Å². The zero-order valence-corrected chi connectivity index (χ0v) is 15.7. The van der Waals surface area contributed by atoms with Gasteiger partial charge in [-0.2, -0.15) is 0 Å². The molecule has 0 aromatic heterocycles. The number of benzene rings is 2. The smallest absolute Gasteiger partial charge is 0.0914 e. The minimum Gasteiger partial charge on any atom is -0.324 e. The number of likely N-dealkylation sites (N-methyl/N-ethyl adjacent to an activating group) is 1. The second-order valence-electron chi connectivity index (χ2n) is 6.75. The summed E-state index contributed by atoms with van der Waals surface area (Å²) in [4.78, 5) is 2.64. The summed E-state index contributed by atoms with van der Waals surface area (Å²) in [5.74, 6) is 0. The van der Waals surface area contributed by atoms with E-state index in [-0.39, 0.29) is 0 Å². The molecule has 1 atom stereocenters. The van der Waals surface area contributed by atoms with Crippen LogP contribution in [-0.2, 0) is 0 Å². The van der Waals surface area contributed by atoms with Gasteiger partial charge in [0.25, 0.3) is 0 Å². The lowest BCUT2D eigenvalue weighted by Gasteiger charge is -2.44. The molecule has 1 unspecified atom stereocenters. The van der Waals surface area contributed by atoms with Crippen LogP contribution in [0.5, 0.6) is 0 Å². The molecular weight excluding hydrogens is 348 g/mol. The lowest BCUT2D eigenvalue weighted by Crippen LogP contribution is -2.57. The van der Waals surface area contributed by atoms with Crippen molar-refractivity contribution in [2.45, 2.75) is 13.0 Å². The van der Waals surface area contributed by atoms with Crippen molar-refractivity contribution in [3.8, 4) is 0 Å². The first-order valence-electron chi connectivity index (χ1n) is 8.50. The summed E-state index contributed by atoms with van der Waals surface area (Å²) in [6.45, 7) is 8.27. The predicted octanol–water partition coefficient (Wildman–Crippen LogP) is 4.32. The third-order valence-corrected chi connectivity index (χ3v) is 6.02. The Kier molecular flexibility index (Phi) is 5.20. The summed E-state index contributed by atoms with van der Waals surface area (Å²) in [7, 11) is 2.38. The fourth-order valence-corrected chi connectivity index (χ4v) is 3.96. The van der Waals surface area contributed by atoms with Crippen molar-refractivity contribution >= 4 is 15.9 Å². The molecule has 2 aromatic rings. The summed E-state index contributed by atoms with van der Waals surface area (Å²) in [6, 6.07) is 19.9. The molecule has 0 radical (unpaired) electrons. The molecule has 3 rings (SSSR count). The molecule has 1 heterocycles. The second kappa shape index (κ2) is 7.16. The van der Waals surface area contributed by atoms with Crippen molar-refractivity contribution in [2.75, 3.05) is 39.8 Å². The molecule has 2 aromatic carbocycles. The van der Waals surface area contributed by atoms with Gasteiger partial charge in [-0.25, -0.2) is 0 Å². The Labute approximate surface area is 148 Å². The van der Waals surface area contributed by atoms with E-state index in [2.05, 4.69) is 89.4 Å². The molecule has 1 aliphatic rings. The topological polar surface area (TPSA) is 3.24 Å². The van der Waals surface area contributed by atoms with Gasteiger partial charge in [0.05, 0.1) is 32.7 Å². The van der Waals surface area contributed by atoms with Gasteiger partial charge in [-0.3, -0.25) is 4.90 Å². The highest BCUT2D eigenvalue weighted by Gasteiger charge is 2.32. The van der Waals surface area contributed by atoms with Gasteiger partial charge in [0, 0.05) is 17.6 Å². The standard InChI is InChI=1S/C20H26BrN2/c1-3-23(2)15-13-22(14-16-23)20(17-9-5-4-6-10-17)18-11-7-8-12-19(18)21/h4-12,20H,3,13-16H2,1-2H3/q+1. The summed E-state index contributed by atoms with van der Waals surface area (Å²) in [5.41, 5.74) is 2.75. The third-order valence-electron chi connectivity index (χ3n) is 5.30. The molecule has 0 amide bonds. The molecule has 0 bridgehead atoms. The summed E-state index contributed by atoms with van der Waals surface area (Å²) >= 11 is 3.77. The van der Waals surface area contributed by atoms with Crippen molar-refractivity contribution in [3.05, 3.63) is 70.2 Å². The number of halogens is 1. The summed E-state index contributed by atoms with van der Waals surface area (Å²) < 4.78 is 2.39. The van der Waals surface area contributed by atoms with Gasteiger partial charge < -0.3 is 4.48 Å². The Morgan fingerprint density at radius 1 is 1.00 bits per heavy atom. The molecule has 0 saturated carbocycles. The van der Waals surface area contributed by atoms with Crippen LogP contribution in [-0.4, -0.2) is 49.2 Å². The van der Waals surface area contributed by atoms with E-state index in [0.29, 0.717) is 6.04 Å². The van der Waals surface area contributed by atoms with Crippen LogP contribution >= 0.6 is 15.9 Å². The largest absolute Gasteiger partial charge is 0.324 e. The third kappa shape index (κ3) is 3.68. The van der Waals surface area contributed by atoms with E-state index in [1.807, 2.05) is 0 Å². The van der Waals surface area contributed by atoms with E-state index in [9.17, 15) is 0 Å². The van der Waals surface area contributed by atoms with Gasteiger partial charge in [-0.15, -0.1) is 0 Å². The predicted molar refractivity (Wildman–Crippen MR) is 100 cm³/mol. The van der Waals surface area contributed by atoms with Crippen LogP contribution in [0.25, 0.3) is 0 Å². The molecule has 23 heavy (non-hydrogen) atoms. The van der Waals surface area contributed by atoms with Gasteiger partial charge in [0.15, 0.2) is 0 Å². The first kappa shape index (κ1) is 16.7. The van der Waals surface area contributed by atoms with Gasteiger partial charge in [-0.05, 0) is 24.1 Å². The lowest BCUT2D eigenvalue weighted by atomic mass is 9.96. The fourth-order valence-electron chi connectivity index (χ4n) is 3.46. The van der Waals surface area contributed by atoms with E-state index in [4.69, 9.17) is 0 Å². The van der Waals surface area contributed by atoms with E-state index in [1.54, 1.807) is 0 Å². The number of hydrogen-bond donors (Lipinski definition) is 0. The van der Waals surface area contributed by atoms with Gasteiger partial charge >= 0.3 is 0 Å². The number of rotatable bonds is 4. The SMILES string of the molecule is CC[N+]1(C)CCN(C(c2ccccc2)c2ccccc2Br)CC1. The Balaban J connectivity index is 1.93. The monoisotopic (exact) mass is 373 g/mol. The van der Waals surface area contributed by atoms with Crippen molar-refractivity contribution in [2.24, 2.45) is 0 Å². The van der Waals surface area contributed by atoms with Crippen LogP contribution < -0.4 is 0 Å². The van der Waals surface area contributed by atoms with Crippen LogP contribution in [0.1, 0.15) is 24.1 Å². The van der Waals surface area contributed by atoms with Crippen molar-refractivity contribution in [1.29, 1.82) is 0 Å². The van der Waals surface area contributed by atoms with Crippen molar-refractivity contribution < 1.29 is 4.48 Å². The van der Waals surface area contributed by atoms with E-state index in [1.165, 1.54) is 39.7 Å². The first-order valence-corrected chi connectivity index (χ1v) is 9.29. The van der Waals surface area contributed by atoms with Crippen LogP contribution in [0.15, 0.2) is 59.1 Å². The molecule has 1 saturated heterocycles. The van der Waals surface area contributed by atoms with Crippen LogP contribution in [0, 0.1) is 0 Å². The van der Waals surface area contributed by atoms with Gasteiger partial charge in [0.2, 0.25) is 0 Å². The van der Waals surface area contributed by atoms with E-state index < -0.39 is 0 Å². The van der Waals surface area contributed by atoms with Crippen molar-refractivity contribution in [1.82, 2.24) is 4.90 Å². The minimum atomic E-state index is 0.331. The Morgan fingerprint density at radius 2 is 1.61 bits per heavy atom. The second-order valence-corrected chi connectivity index (χ2v) is 7.61. The molecule has 0 aliphatic carbocycles. The van der Waals surface area contributed by atoms with Crippen molar-refractivity contribution in [3.63, 3.8) is 0 Å². The lowest BCUT2D eigenvalue weighted by molar-refractivity contribution is -0.912. The summed E-state index contributed by atoms with van der Waals surface area (Å²) in [5, 5.41) is 0. The highest BCUT2D eigenvalue weighted by atomic mass is 79.9. The maximum Gasteiger partial charge on any atom is 0.0914 e. The molecule has 2 nitrogen and oxygen atoms in total. The molecule has 0 N–H and O–H groups in total. The van der Waals surface area contributed by atoms with Crippen LogP contribution in [0.4, 0.5) is 0 Å². The van der Waals surface area contributed by atoms with Gasteiger partial charge in [0.1, 0.15) is 0 Å². The normalized spacial score (nSPS) is 19.4. The average molecular weight is 374 g/mol. The molecule has 1 fully saturated rings. The highest BCUT2D eigenvalue weighted by molar-refractivity contribution is 9.10. The number of nitrogens with zero attached hydrogens (tertiary/aromatic N) is 2. The summed E-state index contributed by atoms with van der Waals surface area (Å²) in [6.07, 6.45) is 0. The first-order chi connectivity index (χ1) is 11.1. The Morgan fingerprint density at radius 3 is 2.22 bits per heavy atom. The number of piperazine rings is 1. The molecule has 122 valence electrons. The molecule has 1 aliphatic heterocycles. The number of hydrogen-bond acceptors (Lipinski definition) is 1. The number of quaternary nitrogens is 1. The molecular formula is C20H26BrN2+. The van der Waals surface area contributed by atoms with E-state index in [0.717, 1.165) is 13.1 Å². The Bertz CT molecular complexity index is 633. The quantitative estimate of drug-likeness (QED) is 0.721. The van der Waals surface area contributed by atoms with E-state index >= 15 is 0 Å². The fraction of sp³-hybridized carbons (Fsp3) is 0.400. The molecule has 3 heteroatoms. The average Bonchev–Trinajstić information content (AvgIpc) is 2.60. The zero-order valence-electron chi connectivity index (χ0n) is 14.1. The highest BCUT2D eigenvalue weighted by Crippen LogP contribution is 2.34. The minimum absolute atomic E-state index is 0.331. The Hall–Kier alpha value is -1.16. The van der Waals surface area contributed by atoms with Gasteiger partial charge in [-0.1, -0.05) is 64.5 Å². The maximum absolute atomic E-state index is 3.77.